The second kappa shape index (κ2) is 10.6. The summed E-state index contributed by atoms with van der Waals surface area (Å²) in [7, 11) is 1.53. The van der Waals surface area contributed by atoms with Gasteiger partial charge < -0.3 is 9.67 Å². The monoisotopic (exact) mass is 515 g/mol. The fraction of sp³-hybridized carbons (Fsp3) is 0.333. The van der Waals surface area contributed by atoms with Crippen LogP contribution in [0.25, 0.3) is 16.8 Å². The SMILES string of the molecule is CCCCCc1nc2c(n1Cc1ccc(-c3ccccc3-n3cnnn3)cc1)C(=O)[N+](C)(CCO)C(=O)N2. The largest absolute Gasteiger partial charge is 0.429 e. The van der Waals surface area contributed by atoms with Crippen molar-refractivity contribution in [1.29, 1.82) is 0 Å². The summed E-state index contributed by atoms with van der Waals surface area (Å²) >= 11 is 0. The third kappa shape index (κ3) is 4.61. The Morgan fingerprint density at radius 3 is 2.55 bits per heavy atom. The predicted molar refractivity (Wildman–Crippen MR) is 141 cm³/mol. The first-order chi connectivity index (χ1) is 18.5. The molecule has 196 valence electrons. The molecule has 2 aromatic carbocycles. The van der Waals surface area contributed by atoms with Crippen LogP contribution in [0.3, 0.4) is 0 Å². The molecule has 1 unspecified atom stereocenters. The molecule has 0 saturated heterocycles. The zero-order chi connectivity index (χ0) is 26.7. The van der Waals surface area contributed by atoms with E-state index in [0.29, 0.717) is 24.5 Å². The molecular formula is C27H31N8O3+. The summed E-state index contributed by atoms with van der Waals surface area (Å²) in [6.07, 6.45) is 5.31. The highest BCUT2D eigenvalue weighted by atomic mass is 16.3. The van der Waals surface area contributed by atoms with Gasteiger partial charge in [-0.2, -0.15) is 9.16 Å². The van der Waals surface area contributed by atoms with Crippen LogP contribution in [0.5, 0.6) is 0 Å². The van der Waals surface area contributed by atoms with Gasteiger partial charge in [0.15, 0.2) is 11.5 Å². The number of tetrazole rings is 1. The first kappa shape index (κ1) is 25.4. The molecule has 0 bridgehead atoms. The molecule has 0 spiro atoms. The fourth-order valence-corrected chi connectivity index (χ4v) is 4.81. The van der Waals surface area contributed by atoms with Crippen LogP contribution < -0.4 is 5.32 Å². The number of aliphatic hydroxyl groups is 1. The summed E-state index contributed by atoms with van der Waals surface area (Å²) in [5.41, 5.74) is 4.23. The number of carbonyl (C=O) groups is 2. The van der Waals surface area contributed by atoms with E-state index < -0.39 is 10.5 Å². The van der Waals surface area contributed by atoms with Crippen LogP contribution >= 0.6 is 0 Å². The van der Waals surface area contributed by atoms with Gasteiger partial charge in [0.25, 0.3) is 0 Å². The van der Waals surface area contributed by atoms with Gasteiger partial charge in [0.1, 0.15) is 18.7 Å². The fourth-order valence-electron chi connectivity index (χ4n) is 4.81. The van der Waals surface area contributed by atoms with Crippen molar-refractivity contribution in [2.75, 3.05) is 25.5 Å². The van der Waals surface area contributed by atoms with Crippen molar-refractivity contribution < 1.29 is 19.2 Å². The van der Waals surface area contributed by atoms with Gasteiger partial charge >= 0.3 is 11.9 Å². The molecule has 2 N–H and O–H groups in total. The van der Waals surface area contributed by atoms with Crippen molar-refractivity contribution in [3.63, 3.8) is 0 Å². The number of likely N-dealkylation sites (N-methyl/N-ethyl adjacent to an activating group) is 1. The van der Waals surface area contributed by atoms with Crippen LogP contribution in [0.15, 0.2) is 54.9 Å². The molecule has 4 aromatic rings. The molecular weight excluding hydrogens is 484 g/mol. The maximum absolute atomic E-state index is 13.6. The Labute approximate surface area is 220 Å². The van der Waals surface area contributed by atoms with Gasteiger partial charge in [-0.3, -0.25) is 5.32 Å². The van der Waals surface area contributed by atoms with E-state index in [4.69, 9.17) is 0 Å². The highest BCUT2D eigenvalue weighted by Crippen LogP contribution is 2.31. The Balaban J connectivity index is 1.49. The quantitative estimate of drug-likeness (QED) is 0.245. The number of hydrogen-bond acceptors (Lipinski definition) is 7. The Morgan fingerprint density at radius 2 is 1.84 bits per heavy atom. The minimum atomic E-state index is -0.545. The van der Waals surface area contributed by atoms with Gasteiger partial charge in [-0.1, -0.05) is 62.2 Å². The molecule has 0 radical (unpaired) electrons. The maximum Gasteiger partial charge on any atom is 0.429 e. The maximum atomic E-state index is 13.6. The number of rotatable bonds is 10. The molecule has 1 aliphatic heterocycles. The molecule has 0 saturated carbocycles. The lowest BCUT2D eigenvalue weighted by atomic mass is 10.0. The first-order valence-electron chi connectivity index (χ1n) is 12.8. The number of hydrogen-bond donors (Lipinski definition) is 2. The standard InChI is InChI=1S/C27H30N8O3/c1-3-4-5-10-23-29-25-24(26(37)35(2,15-16-36)27(38)30-25)33(23)17-19-11-13-20(14-12-19)21-8-6-7-9-22(21)34-18-28-31-32-34/h6-9,11-14,18,36H,3-5,10,15-17H2,1-2H3/p+1. The van der Waals surface area contributed by atoms with E-state index in [2.05, 4.69) is 32.7 Å². The van der Waals surface area contributed by atoms with Gasteiger partial charge in [0.05, 0.1) is 19.3 Å². The van der Waals surface area contributed by atoms with Gasteiger partial charge in [0, 0.05) is 18.5 Å². The number of fused-ring (bicyclic) bond motifs is 1. The lowest BCUT2D eigenvalue weighted by Crippen LogP contribution is -2.60. The zero-order valence-corrected chi connectivity index (χ0v) is 21.5. The average molecular weight is 516 g/mol. The number of unbranched alkanes of at least 4 members (excludes halogenated alkanes) is 2. The lowest BCUT2D eigenvalue weighted by molar-refractivity contribution is -0.744. The van der Waals surface area contributed by atoms with E-state index in [9.17, 15) is 14.7 Å². The summed E-state index contributed by atoms with van der Waals surface area (Å²) < 4.78 is 3.01. The lowest BCUT2D eigenvalue weighted by Gasteiger charge is -2.31. The van der Waals surface area contributed by atoms with Gasteiger partial charge in [0.2, 0.25) is 0 Å². The van der Waals surface area contributed by atoms with E-state index in [1.165, 1.54) is 7.05 Å². The number of imide groups is 1. The van der Waals surface area contributed by atoms with Crippen molar-refractivity contribution >= 4 is 17.8 Å². The van der Waals surface area contributed by atoms with Crippen LogP contribution in [0.1, 0.15) is 48.1 Å². The second-order valence-electron chi connectivity index (χ2n) is 9.61. The van der Waals surface area contributed by atoms with Crippen LogP contribution in [0, 0.1) is 0 Å². The second-order valence-corrected chi connectivity index (χ2v) is 9.61. The van der Waals surface area contributed by atoms with Crippen molar-refractivity contribution in [3.8, 4) is 16.8 Å². The Bertz CT molecular complexity index is 1450. The average Bonchev–Trinajstić information content (AvgIpc) is 3.57. The summed E-state index contributed by atoms with van der Waals surface area (Å²) in [6, 6.07) is 15.5. The van der Waals surface area contributed by atoms with Crippen LogP contribution in [0.2, 0.25) is 0 Å². The first-order valence-corrected chi connectivity index (χ1v) is 12.8. The molecule has 0 fully saturated rings. The number of imidazole rings is 1. The van der Waals surface area contributed by atoms with Gasteiger partial charge in [-0.15, -0.1) is 5.10 Å². The number of nitrogens with one attached hydrogen (secondary N) is 1. The molecule has 3 heterocycles. The third-order valence-corrected chi connectivity index (χ3v) is 7.03. The molecule has 11 heteroatoms. The minimum Gasteiger partial charge on any atom is -0.390 e. The highest BCUT2D eigenvalue weighted by molar-refractivity contribution is 6.07. The topological polar surface area (TPSA) is 128 Å². The number of amides is 3. The number of para-hydroxylation sites is 1. The number of aromatic nitrogens is 6. The summed E-state index contributed by atoms with van der Waals surface area (Å²) in [5.74, 6) is 0.703. The number of quaternary nitrogens is 1. The number of aliphatic hydroxyl groups excluding tert-OH is 1. The molecule has 5 rings (SSSR count). The van der Waals surface area contributed by atoms with Crippen LogP contribution in [0.4, 0.5) is 10.6 Å². The molecule has 0 aliphatic carbocycles. The molecule has 3 amide bonds. The summed E-state index contributed by atoms with van der Waals surface area (Å²) in [6.45, 7) is 2.28. The van der Waals surface area contributed by atoms with Crippen LogP contribution in [-0.2, 0) is 13.0 Å². The Kier molecular flexibility index (Phi) is 7.12. The van der Waals surface area contributed by atoms with E-state index in [-0.39, 0.29) is 19.1 Å². The number of anilines is 1. The number of carbonyl (C=O) groups excluding carboxylic acids is 2. The normalized spacial score (nSPS) is 16.9. The van der Waals surface area contributed by atoms with E-state index in [0.717, 1.165) is 47.5 Å². The summed E-state index contributed by atoms with van der Waals surface area (Å²) in [4.78, 5) is 31.0. The van der Waals surface area contributed by atoms with Gasteiger partial charge in [-0.05, 0) is 34.0 Å². The van der Waals surface area contributed by atoms with Crippen molar-refractivity contribution in [2.24, 2.45) is 0 Å². The Morgan fingerprint density at radius 1 is 1.05 bits per heavy atom. The van der Waals surface area contributed by atoms with E-state index in [1.54, 1.807) is 11.0 Å². The molecule has 1 atom stereocenters. The highest BCUT2D eigenvalue weighted by Gasteiger charge is 2.49. The third-order valence-electron chi connectivity index (χ3n) is 7.03. The van der Waals surface area contributed by atoms with Gasteiger partial charge in [-0.25, -0.2) is 14.6 Å². The Hall–Kier alpha value is -4.22. The molecule has 2 aromatic heterocycles. The molecule has 1 aliphatic rings. The van der Waals surface area contributed by atoms with E-state index in [1.807, 2.05) is 53.1 Å². The zero-order valence-electron chi connectivity index (χ0n) is 21.5. The minimum absolute atomic E-state index is 0.00411. The predicted octanol–water partition coefficient (Wildman–Crippen LogP) is 3.43. The number of urea groups is 1. The van der Waals surface area contributed by atoms with Crippen LogP contribution in [-0.4, -0.2) is 71.5 Å². The molecule has 11 nitrogen and oxygen atoms in total. The molecule has 38 heavy (non-hydrogen) atoms. The number of nitrogens with zero attached hydrogens (tertiary/aromatic N) is 7. The number of benzene rings is 2. The van der Waals surface area contributed by atoms with Crippen molar-refractivity contribution in [1.82, 2.24) is 29.8 Å². The summed E-state index contributed by atoms with van der Waals surface area (Å²) in [5, 5.41) is 23.9. The smallest absolute Gasteiger partial charge is 0.390 e. The van der Waals surface area contributed by atoms with E-state index >= 15 is 0 Å². The van der Waals surface area contributed by atoms with Crippen molar-refractivity contribution in [2.45, 2.75) is 39.2 Å². The van der Waals surface area contributed by atoms with Crippen molar-refractivity contribution in [3.05, 3.63) is 71.9 Å². The number of aryl methyl sites for hydroxylation is 1.